The van der Waals surface area contributed by atoms with Gasteiger partial charge in [0, 0.05) is 5.69 Å². The molecule has 3 nitrogen and oxygen atoms in total. The first-order valence-corrected chi connectivity index (χ1v) is 5.87. The fraction of sp³-hybridized carbons (Fsp3) is 0.615. The van der Waals surface area contributed by atoms with Crippen LogP contribution in [0.3, 0.4) is 0 Å². The largest absolute Gasteiger partial charge is 0.316 e. The predicted octanol–water partition coefficient (Wildman–Crippen LogP) is 1.68. The molecular formula is C13H21N3. The maximum absolute atomic E-state index is 5.31. The number of aryl methyl sites for hydroxylation is 1. The third kappa shape index (κ3) is 3.11. The Labute approximate surface area is 98.2 Å². The van der Waals surface area contributed by atoms with Crippen LogP contribution in [0.25, 0.3) is 0 Å². The Kier molecular flexibility index (Phi) is 5.07. The number of nitrogens with zero attached hydrogens (tertiary/aromatic N) is 2. The summed E-state index contributed by atoms with van der Waals surface area (Å²) in [7, 11) is 0. The maximum Gasteiger partial charge on any atom is 0.102 e. The minimum atomic E-state index is 0.565. The van der Waals surface area contributed by atoms with Gasteiger partial charge in [-0.1, -0.05) is 12.8 Å². The fourth-order valence-corrected chi connectivity index (χ4v) is 1.85. The van der Waals surface area contributed by atoms with E-state index in [1.165, 1.54) is 17.7 Å². The van der Waals surface area contributed by atoms with Crippen molar-refractivity contribution < 1.29 is 0 Å². The Morgan fingerprint density at radius 2 is 2.12 bits per heavy atom. The van der Waals surface area contributed by atoms with Crippen LogP contribution in [-0.2, 0) is 13.0 Å². The van der Waals surface area contributed by atoms with Gasteiger partial charge in [-0.15, -0.1) is 6.42 Å². The average Bonchev–Trinajstić information content (AvgIpc) is 2.52. The first-order chi connectivity index (χ1) is 7.70. The molecule has 1 rings (SSSR count). The second-order valence-electron chi connectivity index (χ2n) is 4.01. The van der Waals surface area contributed by atoms with E-state index in [2.05, 4.69) is 37.1 Å². The van der Waals surface area contributed by atoms with Crippen molar-refractivity contribution in [3.05, 3.63) is 17.0 Å². The van der Waals surface area contributed by atoms with Gasteiger partial charge >= 0.3 is 0 Å². The normalized spacial score (nSPS) is 10.4. The van der Waals surface area contributed by atoms with E-state index in [1.807, 2.05) is 4.68 Å². The molecule has 0 saturated carbocycles. The highest BCUT2D eigenvalue weighted by molar-refractivity contribution is 5.25. The Balaban J connectivity index is 2.62. The topological polar surface area (TPSA) is 29.9 Å². The van der Waals surface area contributed by atoms with Crippen molar-refractivity contribution in [2.24, 2.45) is 0 Å². The molecule has 0 saturated heterocycles. The number of terminal acetylenes is 1. The molecule has 0 spiro atoms. The molecule has 1 heterocycles. The third-order valence-corrected chi connectivity index (χ3v) is 2.75. The molecule has 0 fully saturated rings. The van der Waals surface area contributed by atoms with E-state index in [0.717, 1.165) is 25.2 Å². The standard InChI is InChI=1S/C13H21N3/c1-5-8-14-9-7-13-11(3)15-16(10-6-2)12(13)4/h2,14H,5,7-10H2,1,3-4H3. The molecule has 88 valence electrons. The van der Waals surface area contributed by atoms with Gasteiger partial charge in [0.05, 0.1) is 5.69 Å². The smallest absolute Gasteiger partial charge is 0.102 e. The van der Waals surface area contributed by atoms with E-state index in [0.29, 0.717) is 6.54 Å². The monoisotopic (exact) mass is 219 g/mol. The maximum atomic E-state index is 5.31. The molecular weight excluding hydrogens is 198 g/mol. The van der Waals surface area contributed by atoms with Crippen LogP contribution in [0.15, 0.2) is 0 Å². The SMILES string of the molecule is C#CCn1nc(C)c(CCNCCC)c1C. The van der Waals surface area contributed by atoms with Crippen molar-refractivity contribution in [1.82, 2.24) is 15.1 Å². The number of aromatic nitrogens is 2. The van der Waals surface area contributed by atoms with Gasteiger partial charge in [0.15, 0.2) is 0 Å². The zero-order valence-corrected chi connectivity index (χ0v) is 10.5. The molecule has 0 atom stereocenters. The summed E-state index contributed by atoms with van der Waals surface area (Å²) in [6.07, 6.45) is 7.51. The molecule has 0 bridgehead atoms. The lowest BCUT2D eigenvalue weighted by atomic mass is 10.1. The predicted molar refractivity (Wildman–Crippen MR) is 67.4 cm³/mol. The number of rotatable bonds is 6. The van der Waals surface area contributed by atoms with Crippen LogP contribution in [-0.4, -0.2) is 22.9 Å². The molecule has 0 aromatic carbocycles. The Morgan fingerprint density at radius 3 is 2.75 bits per heavy atom. The minimum absolute atomic E-state index is 0.565. The van der Waals surface area contributed by atoms with Crippen molar-refractivity contribution in [3.63, 3.8) is 0 Å². The van der Waals surface area contributed by atoms with E-state index in [4.69, 9.17) is 6.42 Å². The van der Waals surface area contributed by atoms with Crippen LogP contribution < -0.4 is 5.32 Å². The Bertz CT molecular complexity index is 371. The van der Waals surface area contributed by atoms with E-state index in [-0.39, 0.29) is 0 Å². The number of hydrogen-bond acceptors (Lipinski definition) is 2. The highest BCUT2D eigenvalue weighted by Gasteiger charge is 2.09. The summed E-state index contributed by atoms with van der Waals surface area (Å²) >= 11 is 0. The van der Waals surface area contributed by atoms with Gasteiger partial charge in [-0.25, -0.2) is 0 Å². The van der Waals surface area contributed by atoms with Crippen LogP contribution in [0, 0.1) is 26.2 Å². The van der Waals surface area contributed by atoms with Crippen LogP contribution in [0.5, 0.6) is 0 Å². The molecule has 3 heteroatoms. The summed E-state index contributed by atoms with van der Waals surface area (Å²) in [5, 5.41) is 7.85. The third-order valence-electron chi connectivity index (χ3n) is 2.75. The molecule has 0 aliphatic heterocycles. The van der Waals surface area contributed by atoms with Crippen molar-refractivity contribution in [3.8, 4) is 12.3 Å². The highest BCUT2D eigenvalue weighted by atomic mass is 15.3. The Morgan fingerprint density at radius 1 is 1.38 bits per heavy atom. The molecule has 0 amide bonds. The average molecular weight is 219 g/mol. The first-order valence-electron chi connectivity index (χ1n) is 5.87. The summed E-state index contributed by atoms with van der Waals surface area (Å²) in [6, 6.07) is 0. The lowest BCUT2D eigenvalue weighted by Gasteiger charge is -2.04. The lowest BCUT2D eigenvalue weighted by Crippen LogP contribution is -2.18. The summed E-state index contributed by atoms with van der Waals surface area (Å²) in [6.45, 7) is 8.97. The fourth-order valence-electron chi connectivity index (χ4n) is 1.85. The van der Waals surface area contributed by atoms with Crippen molar-refractivity contribution in [1.29, 1.82) is 0 Å². The molecule has 0 aliphatic carbocycles. The van der Waals surface area contributed by atoms with Crippen molar-refractivity contribution in [2.75, 3.05) is 13.1 Å². The van der Waals surface area contributed by atoms with Gasteiger partial charge in [0.2, 0.25) is 0 Å². The van der Waals surface area contributed by atoms with E-state index < -0.39 is 0 Å². The highest BCUT2D eigenvalue weighted by Crippen LogP contribution is 2.13. The van der Waals surface area contributed by atoms with E-state index in [1.54, 1.807) is 0 Å². The van der Waals surface area contributed by atoms with Gasteiger partial charge in [-0.2, -0.15) is 5.10 Å². The molecule has 0 aliphatic rings. The zero-order valence-electron chi connectivity index (χ0n) is 10.5. The lowest BCUT2D eigenvalue weighted by molar-refractivity contribution is 0.664. The van der Waals surface area contributed by atoms with Crippen LogP contribution in [0.4, 0.5) is 0 Å². The minimum Gasteiger partial charge on any atom is -0.316 e. The van der Waals surface area contributed by atoms with Crippen molar-refractivity contribution >= 4 is 0 Å². The molecule has 0 unspecified atom stereocenters. The second-order valence-corrected chi connectivity index (χ2v) is 4.01. The quantitative estimate of drug-likeness (QED) is 0.582. The van der Waals surface area contributed by atoms with Gasteiger partial charge in [0.25, 0.3) is 0 Å². The van der Waals surface area contributed by atoms with Crippen LogP contribution in [0.2, 0.25) is 0 Å². The van der Waals surface area contributed by atoms with Gasteiger partial charge in [0.1, 0.15) is 6.54 Å². The molecule has 1 aromatic heterocycles. The van der Waals surface area contributed by atoms with E-state index >= 15 is 0 Å². The van der Waals surface area contributed by atoms with Crippen molar-refractivity contribution in [2.45, 2.75) is 40.2 Å². The van der Waals surface area contributed by atoms with Gasteiger partial charge in [-0.3, -0.25) is 4.68 Å². The summed E-state index contributed by atoms with van der Waals surface area (Å²) < 4.78 is 1.91. The Hall–Kier alpha value is -1.27. The van der Waals surface area contributed by atoms with E-state index in [9.17, 15) is 0 Å². The first kappa shape index (κ1) is 12.8. The summed E-state index contributed by atoms with van der Waals surface area (Å²) in [4.78, 5) is 0. The number of hydrogen-bond donors (Lipinski definition) is 1. The van der Waals surface area contributed by atoms with Gasteiger partial charge < -0.3 is 5.32 Å². The summed E-state index contributed by atoms with van der Waals surface area (Å²) in [5.41, 5.74) is 3.64. The molecule has 16 heavy (non-hydrogen) atoms. The summed E-state index contributed by atoms with van der Waals surface area (Å²) in [5.74, 6) is 2.63. The zero-order chi connectivity index (χ0) is 12.0. The van der Waals surface area contributed by atoms with Gasteiger partial charge in [-0.05, 0) is 45.3 Å². The molecule has 1 aromatic rings. The molecule has 1 N–H and O–H groups in total. The van der Waals surface area contributed by atoms with Crippen LogP contribution in [0.1, 0.15) is 30.3 Å². The van der Waals surface area contributed by atoms with Crippen LogP contribution >= 0.6 is 0 Å². The second kappa shape index (κ2) is 6.34. The number of nitrogens with one attached hydrogen (secondary N) is 1. The molecule has 0 radical (unpaired) electrons.